The molecule has 0 aliphatic rings. The van der Waals surface area contributed by atoms with Gasteiger partial charge in [-0.3, -0.25) is 0 Å². The van der Waals surface area contributed by atoms with Crippen LogP contribution in [0.2, 0.25) is 0 Å². The average molecular weight is 330 g/mol. The average Bonchev–Trinajstić information content (AvgIpc) is 2.31. The highest BCUT2D eigenvalue weighted by Crippen LogP contribution is 2.24. The van der Waals surface area contributed by atoms with E-state index >= 15 is 0 Å². The van der Waals surface area contributed by atoms with E-state index in [-0.39, 0.29) is 11.9 Å². The zero-order valence-corrected chi connectivity index (χ0v) is 14.1. The standard InChI is InChI=1S/C16H25BrFN/c1-10(2)15(11(3)4)9-19-12(5)14-8-13(17)6-7-16(14)18/h6-8,10-12,15,19H,9H2,1-5H3. The lowest BCUT2D eigenvalue weighted by Gasteiger charge is -2.27. The van der Waals surface area contributed by atoms with Crippen LogP contribution in [0.15, 0.2) is 22.7 Å². The van der Waals surface area contributed by atoms with E-state index in [4.69, 9.17) is 0 Å². The molecular formula is C16H25BrFN. The Morgan fingerprint density at radius 1 is 1.11 bits per heavy atom. The number of halogens is 2. The Hall–Kier alpha value is -0.410. The zero-order chi connectivity index (χ0) is 14.6. The number of nitrogens with one attached hydrogen (secondary N) is 1. The maximum absolute atomic E-state index is 13.8. The summed E-state index contributed by atoms with van der Waals surface area (Å²) < 4.78 is 14.7. The molecule has 1 aromatic carbocycles. The van der Waals surface area contributed by atoms with Crippen LogP contribution in [-0.4, -0.2) is 6.54 Å². The second-order valence-electron chi connectivity index (χ2n) is 5.95. The summed E-state index contributed by atoms with van der Waals surface area (Å²) >= 11 is 3.40. The molecule has 3 heteroatoms. The summed E-state index contributed by atoms with van der Waals surface area (Å²) in [5, 5.41) is 3.47. The quantitative estimate of drug-likeness (QED) is 0.759. The van der Waals surface area contributed by atoms with Crippen molar-refractivity contribution in [2.45, 2.75) is 40.7 Å². The van der Waals surface area contributed by atoms with Gasteiger partial charge in [-0.2, -0.15) is 0 Å². The van der Waals surface area contributed by atoms with Gasteiger partial charge in [0.05, 0.1) is 0 Å². The SMILES string of the molecule is CC(NCC(C(C)C)C(C)C)c1cc(Br)ccc1F. The Labute approximate surface area is 125 Å². The minimum absolute atomic E-state index is 0.0255. The number of benzene rings is 1. The number of hydrogen-bond acceptors (Lipinski definition) is 1. The van der Waals surface area contributed by atoms with Crippen molar-refractivity contribution in [2.24, 2.45) is 17.8 Å². The van der Waals surface area contributed by atoms with Gasteiger partial charge in [-0.05, 0) is 49.4 Å². The van der Waals surface area contributed by atoms with E-state index in [2.05, 4.69) is 48.9 Å². The molecular weight excluding hydrogens is 305 g/mol. The third-order valence-electron chi connectivity index (χ3n) is 3.80. The molecule has 1 aromatic rings. The van der Waals surface area contributed by atoms with Crippen LogP contribution in [0, 0.1) is 23.6 Å². The zero-order valence-electron chi connectivity index (χ0n) is 12.5. The molecule has 0 amide bonds. The van der Waals surface area contributed by atoms with Gasteiger partial charge in [0.15, 0.2) is 0 Å². The van der Waals surface area contributed by atoms with Gasteiger partial charge < -0.3 is 5.32 Å². The summed E-state index contributed by atoms with van der Waals surface area (Å²) in [6, 6.07) is 5.13. The molecule has 0 radical (unpaired) electrons. The molecule has 1 nitrogen and oxygen atoms in total. The lowest BCUT2D eigenvalue weighted by molar-refractivity contribution is 0.267. The first-order valence-corrected chi connectivity index (χ1v) is 7.80. The predicted octanol–water partition coefficient (Wildman–Crippen LogP) is 5.17. The molecule has 1 unspecified atom stereocenters. The van der Waals surface area contributed by atoms with Gasteiger partial charge in [-0.15, -0.1) is 0 Å². The van der Waals surface area contributed by atoms with Crippen LogP contribution in [0.5, 0.6) is 0 Å². The lowest BCUT2D eigenvalue weighted by atomic mass is 9.85. The van der Waals surface area contributed by atoms with E-state index < -0.39 is 0 Å². The number of rotatable bonds is 6. The highest BCUT2D eigenvalue weighted by molar-refractivity contribution is 9.10. The second-order valence-corrected chi connectivity index (χ2v) is 6.86. The van der Waals surface area contributed by atoms with Crippen LogP contribution in [0.4, 0.5) is 4.39 Å². The van der Waals surface area contributed by atoms with Crippen molar-refractivity contribution < 1.29 is 4.39 Å². The van der Waals surface area contributed by atoms with Crippen molar-refractivity contribution in [3.8, 4) is 0 Å². The fraction of sp³-hybridized carbons (Fsp3) is 0.625. The highest BCUT2D eigenvalue weighted by atomic mass is 79.9. The number of hydrogen-bond donors (Lipinski definition) is 1. The smallest absolute Gasteiger partial charge is 0.128 e. The van der Waals surface area contributed by atoms with Crippen molar-refractivity contribution >= 4 is 15.9 Å². The third kappa shape index (κ3) is 4.88. The Kier molecular flexibility index (Phi) is 6.48. The molecule has 0 aliphatic carbocycles. The van der Waals surface area contributed by atoms with Gasteiger partial charge in [0.25, 0.3) is 0 Å². The van der Waals surface area contributed by atoms with Crippen LogP contribution in [-0.2, 0) is 0 Å². The Morgan fingerprint density at radius 3 is 2.21 bits per heavy atom. The minimum atomic E-state index is -0.145. The van der Waals surface area contributed by atoms with Crippen LogP contribution in [0.25, 0.3) is 0 Å². The molecule has 0 bridgehead atoms. The molecule has 0 heterocycles. The maximum Gasteiger partial charge on any atom is 0.128 e. The summed E-state index contributed by atoms with van der Waals surface area (Å²) in [6.07, 6.45) is 0. The molecule has 1 atom stereocenters. The van der Waals surface area contributed by atoms with Gasteiger partial charge in [0, 0.05) is 16.1 Å². The highest BCUT2D eigenvalue weighted by Gasteiger charge is 2.19. The summed E-state index contributed by atoms with van der Waals surface area (Å²) in [5.41, 5.74) is 0.723. The first-order valence-electron chi connectivity index (χ1n) is 7.01. The van der Waals surface area contributed by atoms with E-state index in [1.807, 2.05) is 13.0 Å². The lowest BCUT2D eigenvalue weighted by Crippen LogP contribution is -2.31. The Balaban J connectivity index is 2.69. The molecule has 0 saturated carbocycles. The van der Waals surface area contributed by atoms with Gasteiger partial charge >= 0.3 is 0 Å². The molecule has 0 aliphatic heterocycles. The first kappa shape index (κ1) is 16.6. The van der Waals surface area contributed by atoms with Crippen LogP contribution in [0.3, 0.4) is 0 Å². The van der Waals surface area contributed by atoms with Crippen LogP contribution >= 0.6 is 15.9 Å². The van der Waals surface area contributed by atoms with Crippen molar-refractivity contribution in [3.05, 3.63) is 34.1 Å². The summed E-state index contributed by atoms with van der Waals surface area (Å²) in [5.74, 6) is 1.73. The van der Waals surface area contributed by atoms with E-state index in [0.717, 1.165) is 16.6 Å². The molecule has 0 spiro atoms. The fourth-order valence-corrected chi connectivity index (χ4v) is 2.89. The van der Waals surface area contributed by atoms with E-state index in [0.29, 0.717) is 17.8 Å². The molecule has 108 valence electrons. The molecule has 19 heavy (non-hydrogen) atoms. The van der Waals surface area contributed by atoms with Crippen LogP contribution < -0.4 is 5.32 Å². The topological polar surface area (TPSA) is 12.0 Å². The van der Waals surface area contributed by atoms with Crippen molar-refractivity contribution in [1.82, 2.24) is 5.32 Å². The second kappa shape index (κ2) is 7.39. The normalized spacial score (nSPS) is 13.6. The van der Waals surface area contributed by atoms with Crippen LogP contribution in [0.1, 0.15) is 46.2 Å². The molecule has 0 aromatic heterocycles. The molecule has 1 N–H and O–H groups in total. The van der Waals surface area contributed by atoms with Gasteiger partial charge in [-0.25, -0.2) is 4.39 Å². The predicted molar refractivity (Wildman–Crippen MR) is 83.7 cm³/mol. The largest absolute Gasteiger partial charge is 0.310 e. The maximum atomic E-state index is 13.8. The van der Waals surface area contributed by atoms with Crippen molar-refractivity contribution in [3.63, 3.8) is 0 Å². The van der Waals surface area contributed by atoms with E-state index in [9.17, 15) is 4.39 Å². The monoisotopic (exact) mass is 329 g/mol. The minimum Gasteiger partial charge on any atom is -0.310 e. The first-order chi connectivity index (χ1) is 8.82. The Bertz CT molecular complexity index is 396. The molecule has 1 rings (SSSR count). The Morgan fingerprint density at radius 2 is 1.68 bits per heavy atom. The summed E-state index contributed by atoms with van der Waals surface area (Å²) in [7, 11) is 0. The van der Waals surface area contributed by atoms with Gasteiger partial charge in [-0.1, -0.05) is 43.6 Å². The van der Waals surface area contributed by atoms with E-state index in [1.165, 1.54) is 6.07 Å². The molecule has 0 fully saturated rings. The van der Waals surface area contributed by atoms with Gasteiger partial charge in [0.2, 0.25) is 0 Å². The van der Waals surface area contributed by atoms with E-state index in [1.54, 1.807) is 6.07 Å². The third-order valence-corrected chi connectivity index (χ3v) is 4.29. The van der Waals surface area contributed by atoms with Crippen molar-refractivity contribution in [2.75, 3.05) is 6.54 Å². The van der Waals surface area contributed by atoms with Crippen molar-refractivity contribution in [1.29, 1.82) is 0 Å². The fourth-order valence-electron chi connectivity index (χ4n) is 2.51. The summed E-state index contributed by atoms with van der Waals surface area (Å²) in [4.78, 5) is 0. The molecule has 0 saturated heterocycles. The van der Waals surface area contributed by atoms with Gasteiger partial charge in [0.1, 0.15) is 5.82 Å². The summed E-state index contributed by atoms with van der Waals surface area (Å²) in [6.45, 7) is 11.9.